The van der Waals surface area contributed by atoms with E-state index in [-0.39, 0.29) is 0 Å². The second-order valence-electron chi connectivity index (χ2n) is 3.75. The topological polar surface area (TPSA) is 39.1 Å². The number of rotatable bonds is 7. The number of hydrogen-bond donors (Lipinski definition) is 1. The lowest BCUT2D eigenvalue weighted by Gasteiger charge is -2.12. The number of hydrogen-bond acceptors (Lipinski definition) is 3. The Kier molecular flexibility index (Phi) is 5.36. The third kappa shape index (κ3) is 4.95. The Morgan fingerprint density at radius 2 is 2.40 bits per heavy atom. The fourth-order valence-corrected chi connectivity index (χ4v) is 1.40. The lowest BCUT2D eigenvalue weighted by atomic mass is 10.3. The molecule has 0 fully saturated rings. The minimum Gasteiger partial charge on any atom is -0.380 e. The molecule has 0 saturated carbocycles. The number of aromatic nitrogens is 2. The van der Waals surface area contributed by atoms with E-state index in [0.29, 0.717) is 6.04 Å². The zero-order valence-electron chi connectivity index (χ0n) is 9.86. The van der Waals surface area contributed by atoms with E-state index in [4.69, 9.17) is 4.74 Å². The van der Waals surface area contributed by atoms with E-state index in [1.165, 1.54) is 0 Å². The summed E-state index contributed by atoms with van der Waals surface area (Å²) in [6.45, 7) is 6.66. The standard InChI is InChI=1S/C11H21N3O/c1-4-15-9-10(2)12-7-5-11-6-8-14(3)13-11/h6,8,10,12H,4-5,7,9H2,1-3H3. The summed E-state index contributed by atoms with van der Waals surface area (Å²) in [4.78, 5) is 0. The molecular weight excluding hydrogens is 190 g/mol. The van der Waals surface area contributed by atoms with Gasteiger partial charge in [-0.25, -0.2) is 0 Å². The summed E-state index contributed by atoms with van der Waals surface area (Å²) in [6, 6.07) is 2.46. The summed E-state index contributed by atoms with van der Waals surface area (Å²) in [6.07, 6.45) is 2.94. The van der Waals surface area contributed by atoms with Crippen molar-refractivity contribution >= 4 is 0 Å². The summed E-state index contributed by atoms with van der Waals surface area (Å²) in [5.74, 6) is 0. The van der Waals surface area contributed by atoms with Gasteiger partial charge in [-0.15, -0.1) is 0 Å². The van der Waals surface area contributed by atoms with E-state index in [1.54, 1.807) is 0 Å². The Balaban J connectivity index is 2.10. The van der Waals surface area contributed by atoms with Crippen molar-refractivity contribution in [2.45, 2.75) is 26.3 Å². The van der Waals surface area contributed by atoms with E-state index in [1.807, 2.05) is 24.9 Å². The van der Waals surface area contributed by atoms with Gasteiger partial charge in [0.25, 0.3) is 0 Å². The molecule has 1 atom stereocenters. The predicted octanol–water partition coefficient (Wildman–Crippen LogP) is 0.977. The first kappa shape index (κ1) is 12.2. The average Bonchev–Trinajstić information content (AvgIpc) is 2.61. The summed E-state index contributed by atoms with van der Waals surface area (Å²) < 4.78 is 7.15. The van der Waals surface area contributed by atoms with Gasteiger partial charge in [0.1, 0.15) is 0 Å². The molecule has 1 rings (SSSR count). The highest BCUT2D eigenvalue weighted by Gasteiger charge is 2.01. The van der Waals surface area contributed by atoms with E-state index in [2.05, 4.69) is 23.4 Å². The molecule has 0 radical (unpaired) electrons. The van der Waals surface area contributed by atoms with Crippen molar-refractivity contribution in [3.05, 3.63) is 18.0 Å². The zero-order valence-corrected chi connectivity index (χ0v) is 9.86. The van der Waals surface area contributed by atoms with Crippen molar-refractivity contribution in [2.75, 3.05) is 19.8 Å². The Labute approximate surface area is 91.6 Å². The van der Waals surface area contributed by atoms with Crippen LogP contribution in [0.3, 0.4) is 0 Å². The Morgan fingerprint density at radius 3 is 3.00 bits per heavy atom. The molecule has 1 N–H and O–H groups in total. The van der Waals surface area contributed by atoms with Crippen LogP contribution < -0.4 is 5.32 Å². The van der Waals surface area contributed by atoms with Gasteiger partial charge >= 0.3 is 0 Å². The van der Waals surface area contributed by atoms with Crippen LogP contribution in [0.5, 0.6) is 0 Å². The second kappa shape index (κ2) is 6.58. The van der Waals surface area contributed by atoms with Gasteiger partial charge in [0.05, 0.1) is 12.3 Å². The average molecular weight is 211 g/mol. The minimum absolute atomic E-state index is 0.411. The fraction of sp³-hybridized carbons (Fsp3) is 0.727. The van der Waals surface area contributed by atoms with Gasteiger partial charge in [-0.05, 0) is 19.9 Å². The molecule has 0 aliphatic carbocycles. The second-order valence-corrected chi connectivity index (χ2v) is 3.75. The zero-order chi connectivity index (χ0) is 11.1. The van der Waals surface area contributed by atoms with E-state index in [0.717, 1.165) is 31.9 Å². The van der Waals surface area contributed by atoms with E-state index >= 15 is 0 Å². The molecule has 4 nitrogen and oxygen atoms in total. The number of ether oxygens (including phenoxy) is 1. The van der Waals surface area contributed by atoms with Crippen LogP contribution >= 0.6 is 0 Å². The van der Waals surface area contributed by atoms with Crippen molar-refractivity contribution in [3.63, 3.8) is 0 Å². The van der Waals surface area contributed by atoms with Gasteiger partial charge in [0.15, 0.2) is 0 Å². The normalized spacial score (nSPS) is 13.0. The van der Waals surface area contributed by atoms with E-state index in [9.17, 15) is 0 Å². The minimum atomic E-state index is 0.411. The molecule has 1 aromatic heterocycles. The first-order valence-corrected chi connectivity index (χ1v) is 5.52. The largest absolute Gasteiger partial charge is 0.380 e. The van der Waals surface area contributed by atoms with Crippen LogP contribution in [0.15, 0.2) is 12.3 Å². The smallest absolute Gasteiger partial charge is 0.0637 e. The van der Waals surface area contributed by atoms with Crippen molar-refractivity contribution in [3.8, 4) is 0 Å². The van der Waals surface area contributed by atoms with Gasteiger partial charge < -0.3 is 10.1 Å². The highest BCUT2D eigenvalue weighted by molar-refractivity contribution is 4.98. The van der Waals surface area contributed by atoms with Crippen LogP contribution in [0.25, 0.3) is 0 Å². The lowest BCUT2D eigenvalue weighted by Crippen LogP contribution is -2.32. The predicted molar refractivity (Wildman–Crippen MR) is 60.9 cm³/mol. The quantitative estimate of drug-likeness (QED) is 0.730. The van der Waals surface area contributed by atoms with Gasteiger partial charge in [-0.1, -0.05) is 0 Å². The maximum atomic E-state index is 5.32. The SMILES string of the molecule is CCOCC(C)NCCc1ccn(C)n1. The van der Waals surface area contributed by atoms with Crippen molar-refractivity contribution in [1.82, 2.24) is 15.1 Å². The molecule has 1 aromatic rings. The number of nitrogens with zero attached hydrogens (tertiary/aromatic N) is 2. The fourth-order valence-electron chi connectivity index (χ4n) is 1.40. The van der Waals surface area contributed by atoms with Gasteiger partial charge in [-0.2, -0.15) is 5.10 Å². The monoisotopic (exact) mass is 211 g/mol. The molecule has 0 saturated heterocycles. The summed E-state index contributed by atoms with van der Waals surface area (Å²) in [7, 11) is 1.94. The van der Waals surface area contributed by atoms with Crippen molar-refractivity contribution in [1.29, 1.82) is 0 Å². The maximum Gasteiger partial charge on any atom is 0.0637 e. The Morgan fingerprint density at radius 1 is 1.60 bits per heavy atom. The van der Waals surface area contributed by atoms with Gasteiger partial charge in [0, 0.05) is 38.9 Å². The van der Waals surface area contributed by atoms with Crippen LogP contribution in [0, 0.1) is 0 Å². The molecule has 1 unspecified atom stereocenters. The molecule has 0 amide bonds. The molecule has 86 valence electrons. The van der Waals surface area contributed by atoms with Gasteiger partial charge in [0.2, 0.25) is 0 Å². The molecule has 4 heteroatoms. The van der Waals surface area contributed by atoms with Gasteiger partial charge in [-0.3, -0.25) is 4.68 Å². The first-order chi connectivity index (χ1) is 7.22. The number of aryl methyl sites for hydroxylation is 1. The highest BCUT2D eigenvalue weighted by Crippen LogP contribution is 1.94. The van der Waals surface area contributed by atoms with Crippen LogP contribution in [0.2, 0.25) is 0 Å². The summed E-state index contributed by atoms with van der Waals surface area (Å²) in [5.41, 5.74) is 1.13. The molecule has 15 heavy (non-hydrogen) atoms. The molecule has 1 heterocycles. The molecule has 0 bridgehead atoms. The van der Waals surface area contributed by atoms with Crippen LogP contribution in [0.1, 0.15) is 19.5 Å². The maximum absolute atomic E-state index is 5.32. The molecular formula is C11H21N3O. The Bertz CT molecular complexity index is 273. The van der Waals surface area contributed by atoms with Crippen LogP contribution in [0.4, 0.5) is 0 Å². The lowest BCUT2D eigenvalue weighted by molar-refractivity contribution is 0.127. The van der Waals surface area contributed by atoms with Crippen molar-refractivity contribution < 1.29 is 4.74 Å². The molecule has 0 aromatic carbocycles. The molecule has 0 spiro atoms. The molecule has 0 aliphatic rings. The highest BCUT2D eigenvalue weighted by atomic mass is 16.5. The number of nitrogens with one attached hydrogen (secondary N) is 1. The summed E-state index contributed by atoms with van der Waals surface area (Å²) in [5, 5.41) is 7.72. The van der Waals surface area contributed by atoms with Crippen LogP contribution in [-0.4, -0.2) is 35.6 Å². The Hall–Kier alpha value is -0.870. The third-order valence-electron chi connectivity index (χ3n) is 2.21. The third-order valence-corrected chi connectivity index (χ3v) is 2.21. The first-order valence-electron chi connectivity index (χ1n) is 5.52. The van der Waals surface area contributed by atoms with E-state index < -0.39 is 0 Å². The van der Waals surface area contributed by atoms with Crippen LogP contribution in [-0.2, 0) is 18.2 Å². The summed E-state index contributed by atoms with van der Waals surface area (Å²) >= 11 is 0. The van der Waals surface area contributed by atoms with Crippen molar-refractivity contribution in [2.24, 2.45) is 7.05 Å². The molecule has 0 aliphatic heterocycles.